The average molecular weight is 256 g/mol. The van der Waals surface area contributed by atoms with Crippen molar-refractivity contribution in [2.75, 3.05) is 18.1 Å². The number of nitrogens with one attached hydrogen (secondary N) is 1. The van der Waals surface area contributed by atoms with Crippen LogP contribution in [0.3, 0.4) is 0 Å². The fourth-order valence-corrected chi connectivity index (χ4v) is 2.34. The third kappa shape index (κ3) is 5.28. The van der Waals surface area contributed by atoms with Crippen molar-refractivity contribution in [3.8, 4) is 0 Å². The molecule has 0 aliphatic rings. The van der Waals surface area contributed by atoms with Crippen molar-refractivity contribution in [2.45, 2.75) is 26.8 Å². The van der Waals surface area contributed by atoms with Crippen LogP contribution in [0.1, 0.15) is 24.6 Å². The largest absolute Gasteiger partial charge is 0.311 e. The Hall–Kier alpha value is -0.940. The van der Waals surface area contributed by atoms with Crippen LogP contribution in [0.2, 0.25) is 0 Å². The molecule has 0 spiro atoms. The first-order valence-electron chi connectivity index (χ1n) is 5.87. The zero-order chi connectivity index (χ0) is 12.7. The number of hydrogen-bond donors (Lipinski definition) is 1. The van der Waals surface area contributed by atoms with Crippen molar-refractivity contribution < 1.29 is 8.42 Å². The Balaban J connectivity index is 2.24. The number of rotatable bonds is 7. The van der Waals surface area contributed by atoms with Crippen molar-refractivity contribution in [1.82, 2.24) is 10.3 Å². The minimum absolute atomic E-state index is 0.229. The lowest BCUT2D eigenvalue weighted by molar-refractivity contribution is 0.589. The van der Waals surface area contributed by atoms with Crippen LogP contribution >= 0.6 is 0 Å². The van der Waals surface area contributed by atoms with Crippen LogP contribution in [0.25, 0.3) is 0 Å². The van der Waals surface area contributed by atoms with Crippen LogP contribution in [0, 0.1) is 6.92 Å². The third-order valence-corrected chi connectivity index (χ3v) is 4.45. The Labute approximate surface area is 103 Å². The number of pyridine rings is 1. The molecule has 0 amide bonds. The number of aryl methyl sites for hydroxylation is 1. The molecule has 96 valence electrons. The van der Waals surface area contributed by atoms with Gasteiger partial charge in [0, 0.05) is 18.5 Å². The van der Waals surface area contributed by atoms with Gasteiger partial charge in [-0.05, 0) is 31.5 Å². The van der Waals surface area contributed by atoms with E-state index in [1.165, 1.54) is 0 Å². The van der Waals surface area contributed by atoms with Crippen LogP contribution < -0.4 is 5.32 Å². The highest BCUT2D eigenvalue weighted by atomic mass is 32.2. The molecule has 0 aliphatic carbocycles. The Kier molecular flexibility index (Phi) is 5.58. The summed E-state index contributed by atoms with van der Waals surface area (Å²) in [5.74, 6) is 0.490. The molecule has 0 aromatic carbocycles. The zero-order valence-electron chi connectivity index (χ0n) is 10.4. The molecule has 1 aromatic heterocycles. The van der Waals surface area contributed by atoms with Gasteiger partial charge in [0.25, 0.3) is 0 Å². The van der Waals surface area contributed by atoms with Gasteiger partial charge in [-0.3, -0.25) is 4.98 Å². The van der Waals surface area contributed by atoms with Crippen molar-refractivity contribution in [3.05, 3.63) is 29.6 Å². The summed E-state index contributed by atoms with van der Waals surface area (Å²) in [6.45, 7) is 5.10. The summed E-state index contributed by atoms with van der Waals surface area (Å²) >= 11 is 0. The molecule has 0 atom stereocenters. The Bertz CT molecular complexity index is 444. The minimum Gasteiger partial charge on any atom is -0.311 e. The predicted molar refractivity (Wildman–Crippen MR) is 69.6 cm³/mol. The molecule has 0 unspecified atom stereocenters. The van der Waals surface area contributed by atoms with E-state index >= 15 is 0 Å². The summed E-state index contributed by atoms with van der Waals surface area (Å²) in [4.78, 5) is 4.26. The first-order valence-corrected chi connectivity index (χ1v) is 7.69. The second-order valence-electron chi connectivity index (χ2n) is 4.03. The zero-order valence-corrected chi connectivity index (χ0v) is 11.3. The maximum absolute atomic E-state index is 11.2. The van der Waals surface area contributed by atoms with Crippen LogP contribution in [0.4, 0.5) is 0 Å². The van der Waals surface area contributed by atoms with Gasteiger partial charge in [0.15, 0.2) is 0 Å². The van der Waals surface area contributed by atoms with E-state index in [1.807, 2.05) is 19.1 Å². The maximum atomic E-state index is 11.2. The molecule has 0 bridgehead atoms. The molecule has 4 nitrogen and oxygen atoms in total. The lowest BCUT2D eigenvalue weighted by atomic mass is 10.2. The molecule has 1 rings (SSSR count). The summed E-state index contributed by atoms with van der Waals surface area (Å²) in [7, 11) is -2.83. The molecule has 1 N–H and O–H groups in total. The predicted octanol–water partition coefficient (Wildman–Crippen LogP) is 1.30. The van der Waals surface area contributed by atoms with E-state index in [1.54, 1.807) is 13.1 Å². The number of hydrogen-bond acceptors (Lipinski definition) is 4. The van der Waals surface area contributed by atoms with Gasteiger partial charge in [0.2, 0.25) is 0 Å². The highest BCUT2D eigenvalue weighted by molar-refractivity contribution is 7.91. The molecule has 1 aromatic rings. The average Bonchev–Trinajstić information content (AvgIpc) is 2.31. The van der Waals surface area contributed by atoms with Crippen molar-refractivity contribution >= 4 is 9.84 Å². The second-order valence-corrected chi connectivity index (χ2v) is 6.51. The monoisotopic (exact) mass is 256 g/mol. The molecule has 0 saturated heterocycles. The summed E-state index contributed by atoms with van der Waals surface area (Å²) in [5.41, 5.74) is 2.17. The van der Waals surface area contributed by atoms with Gasteiger partial charge in [-0.2, -0.15) is 0 Å². The van der Waals surface area contributed by atoms with Gasteiger partial charge < -0.3 is 5.32 Å². The van der Waals surface area contributed by atoms with Crippen molar-refractivity contribution in [2.24, 2.45) is 0 Å². The Morgan fingerprint density at radius 3 is 2.82 bits per heavy atom. The summed E-state index contributed by atoms with van der Waals surface area (Å²) in [6.07, 6.45) is 2.42. The fraction of sp³-hybridized carbons (Fsp3) is 0.583. The van der Waals surface area contributed by atoms with Gasteiger partial charge in [-0.1, -0.05) is 13.0 Å². The van der Waals surface area contributed by atoms with E-state index in [-0.39, 0.29) is 11.5 Å². The van der Waals surface area contributed by atoms with Gasteiger partial charge in [0.1, 0.15) is 9.84 Å². The highest BCUT2D eigenvalue weighted by Crippen LogP contribution is 2.02. The van der Waals surface area contributed by atoms with Crippen LogP contribution in [0.15, 0.2) is 18.3 Å². The molecular weight excluding hydrogens is 236 g/mol. The molecule has 0 aliphatic heterocycles. The van der Waals surface area contributed by atoms with Gasteiger partial charge in [0.05, 0.1) is 11.4 Å². The Morgan fingerprint density at radius 2 is 2.18 bits per heavy atom. The SMILES string of the molecule is CCS(=O)(=O)CCCNCc1ncccc1C. The van der Waals surface area contributed by atoms with E-state index in [2.05, 4.69) is 10.3 Å². The smallest absolute Gasteiger partial charge is 0.150 e. The highest BCUT2D eigenvalue weighted by Gasteiger charge is 2.06. The van der Waals surface area contributed by atoms with Gasteiger partial charge in [-0.25, -0.2) is 8.42 Å². The van der Waals surface area contributed by atoms with Crippen LogP contribution in [-0.4, -0.2) is 31.5 Å². The number of sulfone groups is 1. The van der Waals surface area contributed by atoms with E-state index in [0.29, 0.717) is 19.5 Å². The lowest BCUT2D eigenvalue weighted by Gasteiger charge is -2.06. The fourth-order valence-electron chi connectivity index (χ4n) is 1.47. The molecule has 0 saturated carbocycles. The molecule has 1 heterocycles. The van der Waals surface area contributed by atoms with E-state index in [0.717, 1.165) is 11.3 Å². The molecule has 17 heavy (non-hydrogen) atoms. The number of aromatic nitrogens is 1. The molecule has 0 radical (unpaired) electrons. The van der Waals surface area contributed by atoms with Crippen molar-refractivity contribution in [1.29, 1.82) is 0 Å². The lowest BCUT2D eigenvalue weighted by Crippen LogP contribution is -2.19. The van der Waals surface area contributed by atoms with Gasteiger partial charge in [-0.15, -0.1) is 0 Å². The van der Waals surface area contributed by atoms with Crippen LogP contribution in [0.5, 0.6) is 0 Å². The second kappa shape index (κ2) is 6.71. The van der Waals surface area contributed by atoms with E-state index in [9.17, 15) is 8.42 Å². The quantitative estimate of drug-likeness (QED) is 0.747. The topological polar surface area (TPSA) is 59.1 Å². The van der Waals surface area contributed by atoms with E-state index in [4.69, 9.17) is 0 Å². The first-order chi connectivity index (χ1) is 8.05. The number of nitrogens with zero attached hydrogens (tertiary/aromatic N) is 1. The summed E-state index contributed by atoms with van der Waals surface area (Å²) in [5, 5.41) is 3.21. The standard InChI is InChI=1S/C12H20N2O2S/c1-3-17(15,16)9-5-7-13-10-12-11(2)6-4-8-14-12/h4,6,8,13H,3,5,7,9-10H2,1-2H3. The van der Waals surface area contributed by atoms with Crippen molar-refractivity contribution in [3.63, 3.8) is 0 Å². The maximum Gasteiger partial charge on any atom is 0.150 e. The normalized spacial score (nSPS) is 11.6. The summed E-state index contributed by atoms with van der Waals surface area (Å²) < 4.78 is 22.5. The first kappa shape index (κ1) is 14.1. The van der Waals surface area contributed by atoms with E-state index < -0.39 is 9.84 Å². The summed E-state index contributed by atoms with van der Waals surface area (Å²) in [6, 6.07) is 3.93. The molecular formula is C12H20N2O2S. The van der Waals surface area contributed by atoms with Crippen LogP contribution in [-0.2, 0) is 16.4 Å². The minimum atomic E-state index is -2.83. The van der Waals surface area contributed by atoms with Gasteiger partial charge >= 0.3 is 0 Å². The molecule has 5 heteroatoms. The molecule has 0 fully saturated rings. The Morgan fingerprint density at radius 1 is 1.41 bits per heavy atom. The third-order valence-electron chi connectivity index (χ3n) is 2.66.